The summed E-state index contributed by atoms with van der Waals surface area (Å²) >= 11 is 0. The van der Waals surface area contributed by atoms with Crippen molar-refractivity contribution in [1.82, 2.24) is 9.88 Å². The molecule has 100 valence electrons. The van der Waals surface area contributed by atoms with Crippen LogP contribution in [0.25, 0.3) is 0 Å². The molecular formula is C14H23N3O. The van der Waals surface area contributed by atoms with Gasteiger partial charge in [-0.25, -0.2) is 4.98 Å². The number of hydrogen-bond acceptors (Lipinski definition) is 4. The summed E-state index contributed by atoms with van der Waals surface area (Å²) in [6, 6.07) is 4.18. The molecule has 2 heterocycles. The smallest absolute Gasteiger partial charge is 0.126 e. The lowest BCUT2D eigenvalue weighted by Crippen LogP contribution is -2.24. The maximum atomic E-state index is 9.60. The molecule has 0 saturated carbocycles. The number of pyridine rings is 1. The largest absolute Gasteiger partial charge is 0.393 e. The van der Waals surface area contributed by atoms with Crippen LogP contribution in [0, 0.1) is 5.92 Å². The van der Waals surface area contributed by atoms with Crippen molar-refractivity contribution in [3.8, 4) is 0 Å². The fourth-order valence-corrected chi connectivity index (χ4v) is 2.51. The van der Waals surface area contributed by atoms with Gasteiger partial charge in [-0.1, -0.05) is 0 Å². The number of nitrogens with one attached hydrogen (secondary N) is 1. The molecule has 2 unspecified atom stereocenters. The fraction of sp³-hybridized carbons (Fsp3) is 0.643. The highest BCUT2D eigenvalue weighted by atomic mass is 16.3. The van der Waals surface area contributed by atoms with Crippen LogP contribution in [-0.2, 0) is 6.54 Å². The highest BCUT2D eigenvalue weighted by Crippen LogP contribution is 2.21. The Hall–Kier alpha value is -1.13. The van der Waals surface area contributed by atoms with Gasteiger partial charge in [0.25, 0.3) is 0 Å². The number of rotatable bonds is 5. The van der Waals surface area contributed by atoms with Crippen LogP contribution in [0.5, 0.6) is 0 Å². The molecule has 0 aliphatic carbocycles. The summed E-state index contributed by atoms with van der Waals surface area (Å²) < 4.78 is 0. The van der Waals surface area contributed by atoms with E-state index in [-0.39, 0.29) is 6.10 Å². The minimum Gasteiger partial charge on any atom is -0.393 e. The van der Waals surface area contributed by atoms with Crippen molar-refractivity contribution in [3.63, 3.8) is 0 Å². The van der Waals surface area contributed by atoms with E-state index >= 15 is 0 Å². The summed E-state index contributed by atoms with van der Waals surface area (Å²) in [5.41, 5.74) is 1.28. The highest BCUT2D eigenvalue weighted by Gasteiger charge is 2.25. The predicted molar refractivity (Wildman–Crippen MR) is 73.5 cm³/mol. The number of hydrogen-bond donors (Lipinski definition) is 2. The van der Waals surface area contributed by atoms with Crippen molar-refractivity contribution in [2.45, 2.75) is 32.9 Å². The van der Waals surface area contributed by atoms with Gasteiger partial charge in [-0.15, -0.1) is 0 Å². The lowest BCUT2D eigenvalue weighted by molar-refractivity contribution is 0.127. The van der Waals surface area contributed by atoms with Crippen molar-refractivity contribution in [2.24, 2.45) is 5.92 Å². The van der Waals surface area contributed by atoms with Gasteiger partial charge in [-0.2, -0.15) is 0 Å². The molecule has 0 spiro atoms. The molecule has 0 radical (unpaired) electrons. The topological polar surface area (TPSA) is 48.4 Å². The van der Waals surface area contributed by atoms with Gasteiger partial charge >= 0.3 is 0 Å². The summed E-state index contributed by atoms with van der Waals surface area (Å²) in [6.45, 7) is 7.88. The average molecular weight is 249 g/mol. The number of aromatic nitrogens is 1. The van der Waals surface area contributed by atoms with E-state index in [9.17, 15) is 5.11 Å². The van der Waals surface area contributed by atoms with Gasteiger partial charge < -0.3 is 10.4 Å². The zero-order valence-electron chi connectivity index (χ0n) is 11.3. The second-order valence-electron chi connectivity index (χ2n) is 5.10. The van der Waals surface area contributed by atoms with E-state index in [2.05, 4.69) is 34.3 Å². The maximum absolute atomic E-state index is 9.60. The highest BCUT2D eigenvalue weighted by molar-refractivity contribution is 5.37. The van der Waals surface area contributed by atoms with E-state index < -0.39 is 0 Å². The molecule has 1 aromatic heterocycles. The van der Waals surface area contributed by atoms with Gasteiger partial charge in [0.2, 0.25) is 0 Å². The van der Waals surface area contributed by atoms with Crippen molar-refractivity contribution in [1.29, 1.82) is 0 Å². The Morgan fingerprint density at radius 1 is 1.61 bits per heavy atom. The third-order valence-corrected chi connectivity index (χ3v) is 3.58. The summed E-state index contributed by atoms with van der Waals surface area (Å²) in [5.74, 6) is 1.38. The van der Waals surface area contributed by atoms with Crippen molar-refractivity contribution in [2.75, 3.05) is 25.0 Å². The number of likely N-dealkylation sites (tertiary alicyclic amines) is 1. The minimum atomic E-state index is -0.190. The Bertz CT molecular complexity index is 381. The average Bonchev–Trinajstić information content (AvgIpc) is 2.78. The third kappa shape index (κ3) is 3.43. The molecule has 0 aromatic carbocycles. The summed E-state index contributed by atoms with van der Waals surface area (Å²) in [6.07, 6.45) is 2.77. The Balaban J connectivity index is 1.92. The molecule has 18 heavy (non-hydrogen) atoms. The van der Waals surface area contributed by atoms with Crippen LogP contribution in [0.1, 0.15) is 25.8 Å². The van der Waals surface area contributed by atoms with Crippen molar-refractivity contribution < 1.29 is 5.11 Å². The molecule has 0 amide bonds. The van der Waals surface area contributed by atoms with Crippen LogP contribution in [-0.4, -0.2) is 40.7 Å². The lowest BCUT2D eigenvalue weighted by atomic mass is 10.0. The summed E-state index contributed by atoms with van der Waals surface area (Å²) in [4.78, 5) is 6.68. The first-order valence-corrected chi connectivity index (χ1v) is 6.78. The quantitative estimate of drug-likeness (QED) is 0.834. The van der Waals surface area contributed by atoms with Crippen molar-refractivity contribution in [3.05, 3.63) is 23.9 Å². The minimum absolute atomic E-state index is 0.190. The normalized spacial score (nSPS) is 22.1. The molecule has 1 fully saturated rings. The summed E-state index contributed by atoms with van der Waals surface area (Å²) in [7, 11) is 0. The van der Waals surface area contributed by atoms with Crippen molar-refractivity contribution >= 4 is 5.82 Å². The molecular weight excluding hydrogens is 226 g/mol. The molecule has 1 aromatic rings. The van der Waals surface area contributed by atoms with E-state index in [0.717, 1.165) is 38.4 Å². The van der Waals surface area contributed by atoms with E-state index in [1.54, 1.807) is 0 Å². The molecule has 1 saturated heterocycles. The van der Waals surface area contributed by atoms with Crippen LogP contribution >= 0.6 is 0 Å². The zero-order chi connectivity index (χ0) is 13.0. The third-order valence-electron chi connectivity index (χ3n) is 3.58. The summed E-state index contributed by atoms with van der Waals surface area (Å²) in [5, 5.41) is 12.8. The van der Waals surface area contributed by atoms with Gasteiger partial charge in [0.15, 0.2) is 0 Å². The second kappa shape index (κ2) is 6.16. The van der Waals surface area contributed by atoms with E-state index in [4.69, 9.17) is 0 Å². The first kappa shape index (κ1) is 13.3. The van der Waals surface area contributed by atoms with Gasteiger partial charge in [-0.3, -0.25) is 4.90 Å². The van der Waals surface area contributed by atoms with E-state index in [0.29, 0.717) is 5.92 Å². The van der Waals surface area contributed by atoms with Crippen LogP contribution < -0.4 is 5.32 Å². The van der Waals surface area contributed by atoms with E-state index in [1.165, 1.54) is 5.56 Å². The Labute approximate surface area is 109 Å². The number of aliphatic hydroxyl groups is 1. The van der Waals surface area contributed by atoms with Gasteiger partial charge in [0.05, 0.1) is 6.10 Å². The Morgan fingerprint density at radius 2 is 2.44 bits per heavy atom. The monoisotopic (exact) mass is 249 g/mol. The first-order chi connectivity index (χ1) is 8.69. The molecule has 4 heteroatoms. The second-order valence-corrected chi connectivity index (χ2v) is 5.10. The van der Waals surface area contributed by atoms with Gasteiger partial charge in [0.1, 0.15) is 5.82 Å². The van der Waals surface area contributed by atoms with Gasteiger partial charge in [-0.05, 0) is 50.4 Å². The standard InChI is InChI=1S/C14H23N3O/c1-3-15-14-8-12(4-6-16-14)9-17-7-5-13(10-17)11(2)18/h4,6,8,11,13,18H,3,5,7,9-10H2,1-2H3,(H,15,16). The Morgan fingerprint density at radius 3 is 3.11 bits per heavy atom. The Kier molecular flexibility index (Phi) is 4.55. The number of anilines is 1. The van der Waals surface area contributed by atoms with Crippen LogP contribution in [0.15, 0.2) is 18.3 Å². The molecule has 1 aliphatic rings. The fourth-order valence-electron chi connectivity index (χ4n) is 2.51. The molecule has 2 rings (SSSR count). The van der Waals surface area contributed by atoms with Crippen LogP contribution in [0.4, 0.5) is 5.82 Å². The van der Waals surface area contributed by atoms with Gasteiger partial charge in [0, 0.05) is 25.8 Å². The SMILES string of the molecule is CCNc1cc(CN2CCC(C(C)O)C2)ccn1. The van der Waals surface area contributed by atoms with Crippen LogP contribution in [0.3, 0.4) is 0 Å². The number of aliphatic hydroxyl groups excluding tert-OH is 1. The zero-order valence-corrected chi connectivity index (χ0v) is 11.3. The van der Waals surface area contributed by atoms with Crippen LogP contribution in [0.2, 0.25) is 0 Å². The van der Waals surface area contributed by atoms with E-state index in [1.807, 2.05) is 13.1 Å². The molecule has 0 bridgehead atoms. The molecule has 2 N–H and O–H groups in total. The molecule has 1 aliphatic heterocycles. The predicted octanol–water partition coefficient (Wildman–Crippen LogP) is 1.72. The first-order valence-electron chi connectivity index (χ1n) is 6.78. The molecule has 4 nitrogen and oxygen atoms in total. The molecule has 2 atom stereocenters. The number of nitrogens with zero attached hydrogens (tertiary/aromatic N) is 2. The lowest BCUT2D eigenvalue weighted by Gasteiger charge is -2.17. The maximum Gasteiger partial charge on any atom is 0.126 e.